The highest BCUT2D eigenvalue weighted by molar-refractivity contribution is 6.31. The summed E-state index contributed by atoms with van der Waals surface area (Å²) in [5.41, 5.74) is 1.18. The van der Waals surface area contributed by atoms with E-state index < -0.39 is 0 Å². The SMILES string of the molecule is C[C@H](NCCCN(C)C)c1ccccc1Cl. The van der Waals surface area contributed by atoms with Crippen LogP contribution in [0.25, 0.3) is 0 Å². The van der Waals surface area contributed by atoms with Gasteiger partial charge in [-0.05, 0) is 52.2 Å². The van der Waals surface area contributed by atoms with Crippen LogP contribution in [0.5, 0.6) is 0 Å². The van der Waals surface area contributed by atoms with E-state index in [1.54, 1.807) is 0 Å². The van der Waals surface area contributed by atoms with Crippen LogP contribution in [-0.2, 0) is 0 Å². The van der Waals surface area contributed by atoms with Gasteiger partial charge in [0.15, 0.2) is 0 Å². The smallest absolute Gasteiger partial charge is 0.0453 e. The third kappa shape index (κ3) is 4.52. The molecule has 0 fully saturated rings. The molecule has 1 aromatic carbocycles. The molecule has 0 aliphatic rings. The van der Waals surface area contributed by atoms with Gasteiger partial charge >= 0.3 is 0 Å². The number of nitrogens with zero attached hydrogens (tertiary/aromatic N) is 1. The van der Waals surface area contributed by atoms with Gasteiger partial charge in [0.25, 0.3) is 0 Å². The van der Waals surface area contributed by atoms with Gasteiger partial charge in [0.1, 0.15) is 0 Å². The van der Waals surface area contributed by atoms with E-state index in [2.05, 4.69) is 37.3 Å². The summed E-state index contributed by atoms with van der Waals surface area (Å²) < 4.78 is 0. The molecule has 0 aliphatic heterocycles. The molecule has 2 nitrogen and oxygen atoms in total. The first-order valence-electron chi connectivity index (χ1n) is 5.74. The molecule has 0 spiro atoms. The van der Waals surface area contributed by atoms with Crippen molar-refractivity contribution in [2.75, 3.05) is 27.2 Å². The van der Waals surface area contributed by atoms with E-state index >= 15 is 0 Å². The molecular formula is C13H21ClN2. The van der Waals surface area contributed by atoms with Crippen LogP contribution in [0.4, 0.5) is 0 Å². The molecule has 0 heterocycles. The predicted molar refractivity (Wildman–Crippen MR) is 71.0 cm³/mol. The lowest BCUT2D eigenvalue weighted by Crippen LogP contribution is -2.23. The second-order valence-electron chi connectivity index (χ2n) is 4.35. The van der Waals surface area contributed by atoms with Crippen molar-refractivity contribution in [1.82, 2.24) is 10.2 Å². The molecule has 0 saturated carbocycles. The highest BCUT2D eigenvalue weighted by Crippen LogP contribution is 2.21. The van der Waals surface area contributed by atoms with Gasteiger partial charge < -0.3 is 10.2 Å². The Morgan fingerprint density at radius 2 is 2.00 bits per heavy atom. The van der Waals surface area contributed by atoms with Crippen LogP contribution in [0.1, 0.15) is 24.9 Å². The lowest BCUT2D eigenvalue weighted by atomic mass is 10.1. The third-order valence-electron chi connectivity index (χ3n) is 2.60. The maximum absolute atomic E-state index is 6.13. The maximum atomic E-state index is 6.13. The molecule has 90 valence electrons. The maximum Gasteiger partial charge on any atom is 0.0453 e. The fraction of sp³-hybridized carbons (Fsp3) is 0.538. The van der Waals surface area contributed by atoms with Crippen LogP contribution < -0.4 is 5.32 Å². The summed E-state index contributed by atoms with van der Waals surface area (Å²) in [4.78, 5) is 2.20. The van der Waals surface area contributed by atoms with Crippen molar-refractivity contribution in [1.29, 1.82) is 0 Å². The van der Waals surface area contributed by atoms with Gasteiger partial charge in [0, 0.05) is 11.1 Å². The fourth-order valence-electron chi connectivity index (χ4n) is 1.65. The van der Waals surface area contributed by atoms with E-state index in [-0.39, 0.29) is 0 Å². The Hall–Kier alpha value is -0.570. The van der Waals surface area contributed by atoms with Crippen LogP contribution in [0, 0.1) is 0 Å². The molecule has 3 heteroatoms. The van der Waals surface area contributed by atoms with Crippen LogP contribution in [0.15, 0.2) is 24.3 Å². The first-order chi connectivity index (χ1) is 7.61. The molecule has 1 N–H and O–H groups in total. The predicted octanol–water partition coefficient (Wildman–Crippen LogP) is 2.94. The van der Waals surface area contributed by atoms with Crippen LogP contribution in [0.2, 0.25) is 5.02 Å². The van der Waals surface area contributed by atoms with Crippen molar-refractivity contribution in [3.8, 4) is 0 Å². The van der Waals surface area contributed by atoms with E-state index in [9.17, 15) is 0 Å². The van der Waals surface area contributed by atoms with Gasteiger partial charge in [0.05, 0.1) is 0 Å². The van der Waals surface area contributed by atoms with Gasteiger partial charge in [-0.2, -0.15) is 0 Å². The van der Waals surface area contributed by atoms with Crippen molar-refractivity contribution in [2.24, 2.45) is 0 Å². The Morgan fingerprint density at radius 1 is 1.31 bits per heavy atom. The molecule has 0 aliphatic carbocycles. The van der Waals surface area contributed by atoms with Gasteiger partial charge in [-0.1, -0.05) is 29.8 Å². The molecule has 0 aromatic heterocycles. The number of halogens is 1. The van der Waals surface area contributed by atoms with Gasteiger partial charge in [0.2, 0.25) is 0 Å². The number of nitrogens with one attached hydrogen (secondary N) is 1. The van der Waals surface area contributed by atoms with Crippen molar-refractivity contribution >= 4 is 11.6 Å². The highest BCUT2D eigenvalue weighted by atomic mass is 35.5. The summed E-state index contributed by atoms with van der Waals surface area (Å²) in [6.45, 7) is 4.28. The number of benzene rings is 1. The van der Waals surface area contributed by atoms with Gasteiger partial charge in [-0.25, -0.2) is 0 Å². The van der Waals surface area contributed by atoms with E-state index in [1.165, 1.54) is 5.56 Å². The lowest BCUT2D eigenvalue weighted by Gasteiger charge is -2.16. The third-order valence-corrected chi connectivity index (χ3v) is 2.95. The fourth-order valence-corrected chi connectivity index (χ4v) is 1.95. The Kier molecular flexibility index (Phi) is 5.81. The summed E-state index contributed by atoms with van der Waals surface area (Å²) in [5.74, 6) is 0. The molecule has 0 radical (unpaired) electrons. The number of hydrogen-bond donors (Lipinski definition) is 1. The summed E-state index contributed by atoms with van der Waals surface area (Å²) in [6.07, 6.45) is 1.15. The second kappa shape index (κ2) is 6.89. The molecule has 0 saturated heterocycles. The molecule has 0 unspecified atom stereocenters. The quantitative estimate of drug-likeness (QED) is 0.770. The molecule has 1 aromatic rings. The van der Waals surface area contributed by atoms with Crippen LogP contribution in [-0.4, -0.2) is 32.1 Å². The lowest BCUT2D eigenvalue weighted by molar-refractivity contribution is 0.389. The first kappa shape index (κ1) is 13.5. The summed E-state index contributed by atoms with van der Waals surface area (Å²) in [5, 5.41) is 4.33. The zero-order valence-electron chi connectivity index (χ0n) is 10.3. The molecule has 16 heavy (non-hydrogen) atoms. The normalized spacial score (nSPS) is 13.1. The zero-order valence-corrected chi connectivity index (χ0v) is 11.1. The standard InChI is InChI=1S/C13H21ClN2/c1-11(15-9-6-10-16(2)3)12-7-4-5-8-13(12)14/h4-5,7-8,11,15H,6,9-10H2,1-3H3/t11-/m0/s1. The second-order valence-corrected chi connectivity index (χ2v) is 4.76. The van der Waals surface area contributed by atoms with Crippen molar-refractivity contribution in [3.05, 3.63) is 34.9 Å². The zero-order chi connectivity index (χ0) is 12.0. The van der Waals surface area contributed by atoms with E-state index in [0.717, 1.165) is 24.5 Å². The average molecular weight is 241 g/mol. The molecule has 1 atom stereocenters. The average Bonchev–Trinajstić information content (AvgIpc) is 2.24. The number of hydrogen-bond acceptors (Lipinski definition) is 2. The Bertz CT molecular complexity index is 313. The van der Waals surface area contributed by atoms with Gasteiger partial charge in [-0.3, -0.25) is 0 Å². The molecular weight excluding hydrogens is 220 g/mol. The first-order valence-corrected chi connectivity index (χ1v) is 6.11. The van der Waals surface area contributed by atoms with Crippen molar-refractivity contribution in [2.45, 2.75) is 19.4 Å². The largest absolute Gasteiger partial charge is 0.310 e. The molecule has 1 rings (SSSR count). The van der Waals surface area contributed by atoms with Crippen LogP contribution in [0.3, 0.4) is 0 Å². The van der Waals surface area contributed by atoms with Crippen molar-refractivity contribution in [3.63, 3.8) is 0 Å². The Morgan fingerprint density at radius 3 is 2.62 bits per heavy atom. The van der Waals surface area contributed by atoms with E-state index in [1.807, 2.05) is 18.2 Å². The summed E-state index contributed by atoms with van der Waals surface area (Å²) in [7, 11) is 4.19. The summed E-state index contributed by atoms with van der Waals surface area (Å²) in [6, 6.07) is 8.32. The Balaban J connectivity index is 2.35. The van der Waals surface area contributed by atoms with Gasteiger partial charge in [-0.15, -0.1) is 0 Å². The summed E-state index contributed by atoms with van der Waals surface area (Å²) >= 11 is 6.13. The number of rotatable bonds is 6. The van der Waals surface area contributed by atoms with Crippen molar-refractivity contribution < 1.29 is 0 Å². The topological polar surface area (TPSA) is 15.3 Å². The molecule has 0 bridgehead atoms. The van der Waals surface area contributed by atoms with E-state index in [4.69, 9.17) is 11.6 Å². The minimum absolute atomic E-state index is 0.316. The highest BCUT2D eigenvalue weighted by Gasteiger charge is 2.07. The van der Waals surface area contributed by atoms with Crippen LogP contribution >= 0.6 is 11.6 Å². The Labute approximate surface area is 104 Å². The van der Waals surface area contributed by atoms with E-state index in [0.29, 0.717) is 6.04 Å². The minimum Gasteiger partial charge on any atom is -0.310 e. The minimum atomic E-state index is 0.316. The molecule has 0 amide bonds. The monoisotopic (exact) mass is 240 g/mol.